The maximum absolute atomic E-state index is 12.6. The van der Waals surface area contributed by atoms with Crippen molar-refractivity contribution in [3.05, 3.63) is 23.8 Å². The molecule has 1 aromatic carbocycles. The number of halogens is 1. The van der Waals surface area contributed by atoms with Crippen LogP contribution in [0.3, 0.4) is 0 Å². The maximum atomic E-state index is 12.6. The van der Waals surface area contributed by atoms with E-state index in [9.17, 15) is 8.42 Å². The maximum Gasteiger partial charge on any atom is 0.243 e. The first-order valence-corrected chi connectivity index (χ1v) is 7.89. The third-order valence-corrected chi connectivity index (χ3v) is 5.23. The smallest absolute Gasteiger partial charge is 0.243 e. The molecule has 0 saturated carbocycles. The van der Waals surface area contributed by atoms with Crippen LogP contribution in [0.15, 0.2) is 23.1 Å². The minimum atomic E-state index is -3.51. The van der Waals surface area contributed by atoms with Gasteiger partial charge in [-0.15, -0.1) is 12.4 Å². The molecule has 1 aliphatic rings. The van der Waals surface area contributed by atoms with Crippen molar-refractivity contribution < 1.29 is 17.9 Å². The third kappa shape index (κ3) is 3.87. The van der Waals surface area contributed by atoms with Crippen LogP contribution < -0.4 is 10.5 Å². The molecule has 2 rings (SSSR count). The third-order valence-electron chi connectivity index (χ3n) is 3.37. The lowest BCUT2D eigenvalue weighted by Crippen LogP contribution is -2.48. The number of ether oxygens (including phenoxy) is 2. The van der Waals surface area contributed by atoms with Gasteiger partial charge < -0.3 is 15.2 Å². The van der Waals surface area contributed by atoms with Gasteiger partial charge in [0.25, 0.3) is 0 Å². The van der Waals surface area contributed by atoms with Crippen LogP contribution in [0.25, 0.3) is 0 Å². The lowest BCUT2D eigenvalue weighted by molar-refractivity contribution is 0.00450. The first-order valence-electron chi connectivity index (χ1n) is 6.45. The Morgan fingerprint density at radius 3 is 2.76 bits per heavy atom. The van der Waals surface area contributed by atoms with Gasteiger partial charge in [0.1, 0.15) is 5.75 Å². The number of morpholine rings is 1. The highest BCUT2D eigenvalue weighted by atomic mass is 35.5. The van der Waals surface area contributed by atoms with E-state index in [2.05, 4.69) is 0 Å². The number of benzene rings is 1. The monoisotopic (exact) mass is 336 g/mol. The average molecular weight is 337 g/mol. The van der Waals surface area contributed by atoms with Crippen molar-refractivity contribution >= 4 is 22.4 Å². The van der Waals surface area contributed by atoms with E-state index in [0.717, 1.165) is 5.56 Å². The van der Waals surface area contributed by atoms with Crippen molar-refractivity contribution in [3.8, 4) is 5.75 Å². The van der Waals surface area contributed by atoms with Crippen LogP contribution in [0.4, 0.5) is 0 Å². The molecule has 1 heterocycles. The first-order chi connectivity index (χ1) is 9.48. The Bertz CT molecular complexity index is 580. The molecule has 0 bridgehead atoms. The molecule has 1 aromatic rings. The highest BCUT2D eigenvalue weighted by molar-refractivity contribution is 7.89. The number of hydrogen-bond donors (Lipinski definition) is 1. The molecule has 1 aliphatic heterocycles. The van der Waals surface area contributed by atoms with Crippen molar-refractivity contribution in [2.75, 3.05) is 33.4 Å². The van der Waals surface area contributed by atoms with Gasteiger partial charge in [0, 0.05) is 19.6 Å². The van der Waals surface area contributed by atoms with Gasteiger partial charge >= 0.3 is 0 Å². The van der Waals surface area contributed by atoms with Crippen molar-refractivity contribution in [1.82, 2.24) is 4.31 Å². The molecule has 6 nitrogen and oxygen atoms in total. The molecule has 8 heteroatoms. The Hall–Kier alpha value is -0.860. The second-order valence-electron chi connectivity index (χ2n) is 4.72. The molecule has 0 amide bonds. The molecule has 0 spiro atoms. The number of nitrogens with zero attached hydrogens (tertiary/aromatic N) is 1. The van der Waals surface area contributed by atoms with Crippen molar-refractivity contribution in [2.24, 2.45) is 5.73 Å². The molecule has 0 radical (unpaired) electrons. The van der Waals surface area contributed by atoms with E-state index >= 15 is 0 Å². The fourth-order valence-corrected chi connectivity index (χ4v) is 3.75. The zero-order valence-electron chi connectivity index (χ0n) is 12.1. The van der Waals surface area contributed by atoms with E-state index in [1.54, 1.807) is 25.3 Å². The van der Waals surface area contributed by atoms with E-state index in [1.807, 2.05) is 6.92 Å². The zero-order valence-corrected chi connectivity index (χ0v) is 13.7. The van der Waals surface area contributed by atoms with E-state index < -0.39 is 10.0 Å². The molecule has 120 valence electrons. The molecule has 21 heavy (non-hydrogen) atoms. The summed E-state index contributed by atoms with van der Waals surface area (Å²) in [4.78, 5) is 0.272. The van der Waals surface area contributed by atoms with E-state index in [1.165, 1.54) is 4.31 Å². The van der Waals surface area contributed by atoms with Crippen LogP contribution in [-0.4, -0.2) is 52.2 Å². The van der Waals surface area contributed by atoms with Gasteiger partial charge in [-0.3, -0.25) is 0 Å². The van der Waals surface area contributed by atoms with Gasteiger partial charge in [-0.1, -0.05) is 0 Å². The molecule has 0 aliphatic carbocycles. The topological polar surface area (TPSA) is 81.9 Å². The summed E-state index contributed by atoms with van der Waals surface area (Å²) < 4.78 is 37.1. The standard InChI is InChI=1S/C13H20N2O4S.ClH/c1-10-7-12(3-4-13(10)18-2)20(16,17)15-5-6-19-11(8-14)9-15;/h3-4,7,11H,5-6,8-9,14H2,1-2H3;1H. The zero-order chi connectivity index (χ0) is 14.8. The first kappa shape index (κ1) is 18.2. The highest BCUT2D eigenvalue weighted by Crippen LogP contribution is 2.24. The predicted molar refractivity (Wildman–Crippen MR) is 82.5 cm³/mol. The normalized spacial score (nSPS) is 19.9. The summed E-state index contributed by atoms with van der Waals surface area (Å²) in [7, 11) is -1.95. The Morgan fingerprint density at radius 2 is 2.19 bits per heavy atom. The number of hydrogen-bond acceptors (Lipinski definition) is 5. The van der Waals surface area contributed by atoms with E-state index in [-0.39, 0.29) is 23.4 Å². The number of aryl methyl sites for hydroxylation is 1. The summed E-state index contributed by atoms with van der Waals surface area (Å²) in [6.07, 6.45) is -0.238. The summed E-state index contributed by atoms with van der Waals surface area (Å²) in [5.74, 6) is 0.672. The SMILES string of the molecule is COc1ccc(S(=O)(=O)N2CCOC(CN)C2)cc1C.Cl. The van der Waals surface area contributed by atoms with Crippen molar-refractivity contribution in [1.29, 1.82) is 0 Å². The van der Waals surface area contributed by atoms with Crippen LogP contribution in [0.2, 0.25) is 0 Å². The lowest BCUT2D eigenvalue weighted by atomic mass is 10.2. The van der Waals surface area contributed by atoms with Crippen LogP contribution in [0, 0.1) is 6.92 Å². The molecule has 1 atom stereocenters. The summed E-state index contributed by atoms with van der Waals surface area (Å²) in [6.45, 7) is 3.15. The summed E-state index contributed by atoms with van der Waals surface area (Å²) in [5, 5.41) is 0. The van der Waals surface area contributed by atoms with E-state index in [0.29, 0.717) is 32.0 Å². The summed E-state index contributed by atoms with van der Waals surface area (Å²) in [6, 6.07) is 4.86. The predicted octanol–water partition coefficient (Wildman–Crippen LogP) is 0.774. The molecular formula is C13H21ClN2O4S. The molecule has 0 aromatic heterocycles. The molecule has 2 N–H and O–H groups in total. The van der Waals surface area contributed by atoms with Crippen molar-refractivity contribution in [2.45, 2.75) is 17.9 Å². The van der Waals surface area contributed by atoms with Gasteiger partial charge in [0.15, 0.2) is 0 Å². The van der Waals surface area contributed by atoms with Gasteiger partial charge in [-0.25, -0.2) is 8.42 Å². The average Bonchev–Trinajstić information content (AvgIpc) is 2.47. The summed E-state index contributed by atoms with van der Waals surface area (Å²) >= 11 is 0. The molecular weight excluding hydrogens is 316 g/mol. The van der Waals surface area contributed by atoms with Crippen LogP contribution in [0.1, 0.15) is 5.56 Å². The van der Waals surface area contributed by atoms with Gasteiger partial charge in [0.2, 0.25) is 10.0 Å². The minimum Gasteiger partial charge on any atom is -0.496 e. The van der Waals surface area contributed by atoms with Crippen LogP contribution in [-0.2, 0) is 14.8 Å². The second kappa shape index (κ2) is 7.42. The number of sulfonamides is 1. The number of nitrogens with two attached hydrogens (primary N) is 1. The lowest BCUT2D eigenvalue weighted by Gasteiger charge is -2.31. The fourth-order valence-electron chi connectivity index (χ4n) is 2.21. The highest BCUT2D eigenvalue weighted by Gasteiger charge is 2.30. The largest absolute Gasteiger partial charge is 0.496 e. The van der Waals surface area contributed by atoms with E-state index in [4.69, 9.17) is 15.2 Å². The van der Waals surface area contributed by atoms with Gasteiger partial charge in [0.05, 0.1) is 24.7 Å². The molecule has 1 unspecified atom stereocenters. The number of methoxy groups -OCH3 is 1. The molecule has 1 fully saturated rings. The Balaban J connectivity index is 0.00000220. The Kier molecular flexibility index (Phi) is 6.42. The van der Waals surface area contributed by atoms with Crippen LogP contribution in [0.5, 0.6) is 5.75 Å². The number of rotatable bonds is 4. The molecule has 1 saturated heterocycles. The van der Waals surface area contributed by atoms with Crippen LogP contribution >= 0.6 is 12.4 Å². The fraction of sp³-hybridized carbons (Fsp3) is 0.538. The van der Waals surface area contributed by atoms with Gasteiger partial charge in [-0.2, -0.15) is 4.31 Å². The Labute approximate surface area is 131 Å². The quantitative estimate of drug-likeness (QED) is 0.878. The minimum absolute atomic E-state index is 0. The van der Waals surface area contributed by atoms with Crippen molar-refractivity contribution in [3.63, 3.8) is 0 Å². The summed E-state index contributed by atoms with van der Waals surface area (Å²) in [5.41, 5.74) is 6.34. The Morgan fingerprint density at radius 1 is 1.48 bits per heavy atom. The second-order valence-corrected chi connectivity index (χ2v) is 6.66. The van der Waals surface area contributed by atoms with Gasteiger partial charge in [-0.05, 0) is 30.7 Å².